The van der Waals surface area contributed by atoms with Crippen LogP contribution in [0.5, 0.6) is 11.5 Å². The molecule has 33 heavy (non-hydrogen) atoms. The highest BCUT2D eigenvalue weighted by molar-refractivity contribution is 8.26. The molecular weight excluding hydrogens is 511 g/mol. The molecule has 2 aromatic carbocycles. The number of halogens is 2. The Labute approximate surface area is 208 Å². The first kappa shape index (κ1) is 24.8. The van der Waals surface area contributed by atoms with Gasteiger partial charge in [-0.05, 0) is 54.2 Å². The molecule has 0 aromatic heterocycles. The molecule has 1 aliphatic rings. The number of carbonyl (C=O) groups excluding carboxylic acids is 2. The van der Waals surface area contributed by atoms with Crippen LogP contribution >= 0.6 is 47.2 Å². The lowest BCUT2D eigenvalue weighted by Gasteiger charge is -2.16. The number of amides is 2. The summed E-state index contributed by atoms with van der Waals surface area (Å²) >= 11 is 18.2. The molecule has 0 saturated carbocycles. The molecule has 0 aliphatic carbocycles. The third kappa shape index (κ3) is 6.17. The molecular formula is C21H16Cl2N2O6S2. The topological polar surface area (TPSA) is 105 Å². The maximum Gasteiger partial charge on any atom is 0.306 e. The van der Waals surface area contributed by atoms with Crippen molar-refractivity contribution in [3.05, 3.63) is 62.5 Å². The van der Waals surface area contributed by atoms with Crippen molar-refractivity contribution in [2.75, 3.05) is 13.7 Å². The normalized spacial score (nSPS) is 14.5. The van der Waals surface area contributed by atoms with Gasteiger partial charge in [0.2, 0.25) is 0 Å². The molecule has 172 valence electrons. The Bertz CT molecular complexity index is 1170. The maximum absolute atomic E-state index is 12.8. The summed E-state index contributed by atoms with van der Waals surface area (Å²) in [7, 11) is 1.44. The monoisotopic (exact) mass is 526 g/mol. The van der Waals surface area contributed by atoms with E-state index in [9.17, 15) is 14.4 Å². The number of rotatable bonds is 8. The van der Waals surface area contributed by atoms with Crippen LogP contribution in [-0.2, 0) is 9.59 Å². The van der Waals surface area contributed by atoms with Gasteiger partial charge in [0.1, 0.15) is 0 Å². The fourth-order valence-electron chi connectivity index (χ4n) is 2.69. The van der Waals surface area contributed by atoms with E-state index in [1.54, 1.807) is 24.3 Å². The van der Waals surface area contributed by atoms with Gasteiger partial charge >= 0.3 is 5.97 Å². The van der Waals surface area contributed by atoms with Crippen LogP contribution in [0.3, 0.4) is 0 Å². The number of methoxy groups -OCH3 is 1. The fourth-order valence-corrected chi connectivity index (χ4v) is 4.37. The van der Waals surface area contributed by atoms with Crippen molar-refractivity contribution in [2.24, 2.45) is 0 Å². The molecule has 1 saturated heterocycles. The summed E-state index contributed by atoms with van der Waals surface area (Å²) < 4.78 is 10.9. The van der Waals surface area contributed by atoms with E-state index >= 15 is 0 Å². The number of benzene rings is 2. The lowest BCUT2D eigenvalue weighted by molar-refractivity contribution is -0.137. The van der Waals surface area contributed by atoms with Crippen molar-refractivity contribution in [1.82, 2.24) is 10.4 Å². The summed E-state index contributed by atoms with van der Waals surface area (Å²) in [5.41, 5.74) is 3.21. The molecule has 0 bridgehead atoms. The zero-order chi connectivity index (χ0) is 24.1. The van der Waals surface area contributed by atoms with E-state index in [0.29, 0.717) is 22.1 Å². The summed E-state index contributed by atoms with van der Waals surface area (Å²) in [6.07, 6.45) is 1.44. The highest BCUT2D eigenvalue weighted by atomic mass is 35.5. The van der Waals surface area contributed by atoms with E-state index in [4.69, 9.17) is 50.0 Å². The number of carboxylic acids is 1. The number of ether oxygens (including phenoxy) is 2. The van der Waals surface area contributed by atoms with Crippen molar-refractivity contribution in [3.63, 3.8) is 0 Å². The van der Waals surface area contributed by atoms with Gasteiger partial charge < -0.3 is 14.6 Å². The average Bonchev–Trinajstić information content (AvgIpc) is 3.01. The zero-order valence-electron chi connectivity index (χ0n) is 17.0. The molecule has 1 fully saturated rings. The lowest BCUT2D eigenvalue weighted by atomic mass is 10.2. The van der Waals surface area contributed by atoms with Gasteiger partial charge in [0, 0.05) is 5.02 Å². The molecule has 2 N–H and O–H groups in total. The lowest BCUT2D eigenvalue weighted by Crippen LogP contribution is -2.44. The van der Waals surface area contributed by atoms with Crippen LogP contribution in [0.25, 0.3) is 6.08 Å². The van der Waals surface area contributed by atoms with Crippen LogP contribution in [0.2, 0.25) is 10.0 Å². The van der Waals surface area contributed by atoms with Gasteiger partial charge in [-0.2, -0.15) is 5.01 Å². The van der Waals surface area contributed by atoms with Crippen molar-refractivity contribution in [1.29, 1.82) is 0 Å². The van der Waals surface area contributed by atoms with E-state index in [1.165, 1.54) is 25.3 Å². The highest BCUT2D eigenvalue weighted by Gasteiger charge is 2.34. The third-order valence-electron chi connectivity index (χ3n) is 4.24. The number of nitrogens with zero attached hydrogens (tertiary/aromatic N) is 1. The largest absolute Gasteiger partial charge is 0.493 e. The smallest absolute Gasteiger partial charge is 0.306 e. The van der Waals surface area contributed by atoms with E-state index in [2.05, 4.69) is 5.43 Å². The summed E-state index contributed by atoms with van der Waals surface area (Å²) in [6, 6.07) is 9.29. The molecule has 12 heteroatoms. The average molecular weight is 527 g/mol. The van der Waals surface area contributed by atoms with Crippen molar-refractivity contribution in [2.45, 2.75) is 6.42 Å². The maximum atomic E-state index is 12.8. The molecule has 8 nitrogen and oxygen atoms in total. The summed E-state index contributed by atoms with van der Waals surface area (Å²) in [6.45, 7) is -0.0129. The Morgan fingerprint density at radius 3 is 2.64 bits per heavy atom. The number of aliphatic carboxylic acids is 1. The number of carbonyl (C=O) groups is 3. The molecule has 0 radical (unpaired) electrons. The number of hydrazine groups is 1. The number of carboxylic acid groups (broad SMARTS) is 1. The van der Waals surface area contributed by atoms with Crippen molar-refractivity contribution < 1.29 is 29.0 Å². The van der Waals surface area contributed by atoms with Crippen LogP contribution in [0.15, 0.2) is 41.3 Å². The second kappa shape index (κ2) is 10.9. The SMILES string of the molecule is COc1cc(/C=C2/SC(=S)N(NC(=O)c3ccc(Cl)cc3Cl)C2=O)ccc1OCCC(=O)O. The van der Waals surface area contributed by atoms with Crippen LogP contribution in [0.1, 0.15) is 22.3 Å². The quantitative estimate of drug-likeness (QED) is 0.385. The Kier molecular flexibility index (Phi) is 8.20. The summed E-state index contributed by atoms with van der Waals surface area (Å²) in [5.74, 6) is -1.35. The number of thiocarbonyl (C=S) groups is 1. The van der Waals surface area contributed by atoms with Gasteiger partial charge in [-0.25, -0.2) is 0 Å². The molecule has 0 unspecified atom stereocenters. The first-order chi connectivity index (χ1) is 15.7. The number of nitrogens with one attached hydrogen (secondary N) is 1. The van der Waals surface area contributed by atoms with E-state index in [-0.39, 0.29) is 32.8 Å². The van der Waals surface area contributed by atoms with Crippen LogP contribution < -0.4 is 14.9 Å². The van der Waals surface area contributed by atoms with Gasteiger partial charge in [0.15, 0.2) is 15.8 Å². The second-order valence-electron chi connectivity index (χ2n) is 6.48. The molecule has 1 heterocycles. The van der Waals surface area contributed by atoms with E-state index in [0.717, 1.165) is 16.8 Å². The summed E-state index contributed by atoms with van der Waals surface area (Å²) in [5, 5.41) is 10.2. The van der Waals surface area contributed by atoms with Gasteiger partial charge in [-0.1, -0.05) is 41.0 Å². The first-order valence-corrected chi connectivity index (χ1v) is 11.2. The standard InChI is InChI=1S/C21H16Cl2N2O6S2/c1-30-16-8-11(2-5-15(16)31-7-6-18(26)27)9-17-20(29)25(21(32)33-17)24-19(28)13-4-3-12(22)10-14(13)23/h2-5,8-10H,6-7H2,1H3,(H,24,28)(H,26,27)/b17-9+. The molecule has 0 spiro atoms. The molecule has 1 aliphatic heterocycles. The molecule has 2 amide bonds. The van der Waals surface area contributed by atoms with Crippen molar-refractivity contribution >= 4 is 75.4 Å². The predicted octanol–water partition coefficient (Wildman–Crippen LogP) is 4.40. The van der Waals surface area contributed by atoms with E-state index < -0.39 is 17.8 Å². The molecule has 0 atom stereocenters. The Hall–Kier alpha value is -2.79. The van der Waals surface area contributed by atoms with Crippen molar-refractivity contribution in [3.8, 4) is 11.5 Å². The highest BCUT2D eigenvalue weighted by Crippen LogP contribution is 2.34. The number of hydrogen-bond acceptors (Lipinski definition) is 7. The molecule has 3 rings (SSSR count). The number of hydrogen-bond donors (Lipinski definition) is 2. The molecule has 2 aromatic rings. The Balaban J connectivity index is 1.74. The van der Waals surface area contributed by atoms with Crippen LogP contribution in [-0.4, -0.2) is 45.9 Å². The van der Waals surface area contributed by atoms with Gasteiger partial charge in [0.05, 0.1) is 35.6 Å². The predicted molar refractivity (Wildman–Crippen MR) is 130 cm³/mol. The van der Waals surface area contributed by atoms with Gasteiger partial charge in [-0.3, -0.25) is 19.8 Å². The van der Waals surface area contributed by atoms with Gasteiger partial charge in [0.25, 0.3) is 11.8 Å². The Morgan fingerprint density at radius 2 is 1.97 bits per heavy atom. The Morgan fingerprint density at radius 1 is 1.21 bits per heavy atom. The zero-order valence-corrected chi connectivity index (χ0v) is 20.1. The van der Waals surface area contributed by atoms with Crippen LogP contribution in [0.4, 0.5) is 0 Å². The van der Waals surface area contributed by atoms with Crippen LogP contribution in [0, 0.1) is 0 Å². The minimum Gasteiger partial charge on any atom is -0.493 e. The third-order valence-corrected chi connectivity index (χ3v) is 6.09. The van der Waals surface area contributed by atoms with Gasteiger partial charge in [-0.15, -0.1) is 0 Å². The number of thioether (sulfide) groups is 1. The second-order valence-corrected chi connectivity index (χ2v) is 9.00. The fraction of sp³-hybridized carbons (Fsp3) is 0.143. The van der Waals surface area contributed by atoms with E-state index in [1.807, 2.05) is 0 Å². The summed E-state index contributed by atoms with van der Waals surface area (Å²) in [4.78, 5) is 36.3. The minimum atomic E-state index is -0.974. The first-order valence-electron chi connectivity index (χ1n) is 9.26. The minimum absolute atomic E-state index is 0.0129.